The lowest BCUT2D eigenvalue weighted by Gasteiger charge is -2.03. The van der Waals surface area contributed by atoms with Crippen LogP contribution in [0.5, 0.6) is 5.75 Å². The lowest BCUT2D eigenvalue weighted by molar-refractivity contribution is -0.143. The number of carbonyl (C=O) groups excluding carboxylic acids is 1. The molecule has 0 atom stereocenters. The molecule has 0 saturated heterocycles. The van der Waals surface area contributed by atoms with Crippen molar-refractivity contribution in [3.8, 4) is 5.75 Å². The van der Waals surface area contributed by atoms with Gasteiger partial charge < -0.3 is 9.84 Å². The fourth-order valence-electron chi connectivity index (χ4n) is 2.02. The Labute approximate surface area is 115 Å². The van der Waals surface area contributed by atoms with E-state index in [1.807, 2.05) is 19.1 Å². The van der Waals surface area contributed by atoms with E-state index in [-0.39, 0.29) is 5.97 Å². The van der Waals surface area contributed by atoms with Crippen molar-refractivity contribution < 1.29 is 14.6 Å². The van der Waals surface area contributed by atoms with Crippen LogP contribution in [0.25, 0.3) is 0 Å². The molecule has 106 valence electrons. The Kier molecular flexibility index (Phi) is 7.71. The van der Waals surface area contributed by atoms with Gasteiger partial charge in [0.2, 0.25) is 0 Å². The summed E-state index contributed by atoms with van der Waals surface area (Å²) in [5.74, 6) is 0.245. The van der Waals surface area contributed by atoms with Crippen LogP contribution in [0.15, 0.2) is 24.3 Å². The van der Waals surface area contributed by atoms with Crippen molar-refractivity contribution in [1.82, 2.24) is 0 Å². The highest BCUT2D eigenvalue weighted by molar-refractivity contribution is 5.69. The van der Waals surface area contributed by atoms with Crippen molar-refractivity contribution in [1.29, 1.82) is 0 Å². The fourth-order valence-corrected chi connectivity index (χ4v) is 2.02. The Morgan fingerprint density at radius 1 is 1.05 bits per heavy atom. The molecule has 0 aliphatic carbocycles. The SMILES string of the molecule is CCOC(=O)CCCCCCCc1ccc(O)cc1. The summed E-state index contributed by atoms with van der Waals surface area (Å²) >= 11 is 0. The second-order valence-electron chi connectivity index (χ2n) is 4.74. The van der Waals surface area contributed by atoms with Gasteiger partial charge in [-0.2, -0.15) is 0 Å². The maximum atomic E-state index is 11.1. The maximum Gasteiger partial charge on any atom is 0.305 e. The van der Waals surface area contributed by atoms with Crippen molar-refractivity contribution in [2.24, 2.45) is 0 Å². The zero-order valence-electron chi connectivity index (χ0n) is 11.7. The van der Waals surface area contributed by atoms with Crippen molar-refractivity contribution in [3.63, 3.8) is 0 Å². The van der Waals surface area contributed by atoms with Gasteiger partial charge in [-0.15, -0.1) is 0 Å². The summed E-state index contributed by atoms with van der Waals surface area (Å²) < 4.78 is 4.88. The molecule has 0 aliphatic rings. The van der Waals surface area contributed by atoms with Crippen LogP contribution in [0, 0.1) is 0 Å². The van der Waals surface area contributed by atoms with Gasteiger partial charge in [0.1, 0.15) is 5.75 Å². The Morgan fingerprint density at radius 3 is 2.37 bits per heavy atom. The Hall–Kier alpha value is -1.51. The van der Waals surface area contributed by atoms with Gasteiger partial charge >= 0.3 is 5.97 Å². The number of ether oxygens (including phenoxy) is 1. The van der Waals surface area contributed by atoms with Gasteiger partial charge in [-0.05, 0) is 43.9 Å². The highest BCUT2D eigenvalue weighted by atomic mass is 16.5. The van der Waals surface area contributed by atoms with E-state index >= 15 is 0 Å². The zero-order chi connectivity index (χ0) is 13.9. The molecule has 0 amide bonds. The standard InChI is InChI=1S/C16H24O3/c1-2-19-16(18)9-7-5-3-4-6-8-14-10-12-15(17)13-11-14/h10-13,17H,2-9H2,1H3. The number of aryl methyl sites for hydroxylation is 1. The van der Waals surface area contributed by atoms with Crippen LogP contribution in [0.3, 0.4) is 0 Å². The van der Waals surface area contributed by atoms with E-state index in [4.69, 9.17) is 4.74 Å². The molecule has 3 nitrogen and oxygen atoms in total. The molecule has 0 aromatic heterocycles. The molecule has 0 saturated carbocycles. The van der Waals surface area contributed by atoms with E-state index in [2.05, 4.69) is 0 Å². The molecule has 0 fully saturated rings. The fraction of sp³-hybridized carbons (Fsp3) is 0.562. The van der Waals surface area contributed by atoms with Crippen molar-refractivity contribution in [3.05, 3.63) is 29.8 Å². The summed E-state index contributed by atoms with van der Waals surface area (Å²) in [4.78, 5) is 11.1. The first-order chi connectivity index (χ1) is 9.22. The first-order valence-corrected chi connectivity index (χ1v) is 7.16. The van der Waals surface area contributed by atoms with E-state index in [0.29, 0.717) is 18.8 Å². The van der Waals surface area contributed by atoms with Crippen LogP contribution in [0.1, 0.15) is 51.0 Å². The van der Waals surface area contributed by atoms with Gasteiger partial charge in [-0.25, -0.2) is 0 Å². The quantitative estimate of drug-likeness (QED) is 0.544. The predicted molar refractivity (Wildman–Crippen MR) is 76.1 cm³/mol. The minimum atomic E-state index is -0.0772. The lowest BCUT2D eigenvalue weighted by Crippen LogP contribution is -2.03. The third-order valence-electron chi connectivity index (χ3n) is 3.09. The first kappa shape index (κ1) is 15.5. The smallest absolute Gasteiger partial charge is 0.305 e. The van der Waals surface area contributed by atoms with Crippen LogP contribution in [-0.4, -0.2) is 17.7 Å². The molecular weight excluding hydrogens is 240 g/mol. The van der Waals surface area contributed by atoms with E-state index in [0.717, 1.165) is 32.1 Å². The van der Waals surface area contributed by atoms with Crippen LogP contribution < -0.4 is 0 Å². The molecular formula is C16H24O3. The van der Waals surface area contributed by atoms with Gasteiger partial charge in [-0.3, -0.25) is 4.79 Å². The molecule has 0 spiro atoms. The number of hydrogen-bond acceptors (Lipinski definition) is 3. The molecule has 1 N–H and O–H groups in total. The minimum absolute atomic E-state index is 0.0772. The number of esters is 1. The van der Waals surface area contributed by atoms with Gasteiger partial charge in [-0.1, -0.05) is 31.4 Å². The predicted octanol–water partition coefficient (Wildman–Crippen LogP) is 3.84. The van der Waals surface area contributed by atoms with Crippen molar-refractivity contribution in [2.45, 2.75) is 51.9 Å². The Bertz CT molecular complexity index is 357. The molecule has 1 rings (SSSR count). The van der Waals surface area contributed by atoms with Gasteiger partial charge in [0.15, 0.2) is 0 Å². The first-order valence-electron chi connectivity index (χ1n) is 7.16. The molecule has 1 aromatic carbocycles. The molecule has 0 aliphatic heterocycles. The van der Waals surface area contributed by atoms with Crippen molar-refractivity contribution >= 4 is 5.97 Å². The highest BCUT2D eigenvalue weighted by Crippen LogP contribution is 2.13. The van der Waals surface area contributed by atoms with Gasteiger partial charge in [0.05, 0.1) is 6.61 Å². The highest BCUT2D eigenvalue weighted by Gasteiger charge is 2.00. The van der Waals surface area contributed by atoms with Crippen molar-refractivity contribution in [2.75, 3.05) is 6.61 Å². The topological polar surface area (TPSA) is 46.5 Å². The zero-order valence-corrected chi connectivity index (χ0v) is 11.7. The number of carbonyl (C=O) groups is 1. The maximum absolute atomic E-state index is 11.1. The normalized spacial score (nSPS) is 10.4. The molecule has 19 heavy (non-hydrogen) atoms. The van der Waals surface area contributed by atoms with Gasteiger partial charge in [0, 0.05) is 6.42 Å². The second-order valence-corrected chi connectivity index (χ2v) is 4.74. The number of hydrogen-bond donors (Lipinski definition) is 1. The van der Waals surface area contributed by atoms with Crippen LogP contribution in [-0.2, 0) is 16.0 Å². The second kappa shape index (κ2) is 9.42. The summed E-state index contributed by atoms with van der Waals surface area (Å²) in [6.45, 7) is 2.31. The lowest BCUT2D eigenvalue weighted by atomic mass is 10.0. The molecule has 3 heteroatoms. The van der Waals surface area contributed by atoms with E-state index in [1.54, 1.807) is 12.1 Å². The number of phenols is 1. The number of aromatic hydroxyl groups is 1. The number of unbranched alkanes of at least 4 members (excludes halogenated alkanes) is 4. The Morgan fingerprint density at radius 2 is 1.68 bits per heavy atom. The van der Waals surface area contributed by atoms with E-state index < -0.39 is 0 Å². The summed E-state index contributed by atoms with van der Waals surface area (Å²) in [7, 11) is 0. The number of phenolic OH excluding ortho intramolecular Hbond substituents is 1. The summed E-state index contributed by atoms with van der Waals surface area (Å²) in [6, 6.07) is 7.40. The Balaban J connectivity index is 1.96. The summed E-state index contributed by atoms with van der Waals surface area (Å²) in [6.07, 6.45) is 7.13. The van der Waals surface area contributed by atoms with E-state index in [1.165, 1.54) is 12.0 Å². The van der Waals surface area contributed by atoms with Crippen LogP contribution in [0.4, 0.5) is 0 Å². The average Bonchev–Trinajstić information content (AvgIpc) is 2.40. The van der Waals surface area contributed by atoms with Gasteiger partial charge in [0.25, 0.3) is 0 Å². The van der Waals surface area contributed by atoms with Crippen LogP contribution >= 0.6 is 0 Å². The average molecular weight is 264 g/mol. The molecule has 0 radical (unpaired) electrons. The molecule has 0 bridgehead atoms. The van der Waals surface area contributed by atoms with E-state index in [9.17, 15) is 9.90 Å². The monoisotopic (exact) mass is 264 g/mol. The molecule has 0 heterocycles. The largest absolute Gasteiger partial charge is 0.508 e. The third kappa shape index (κ3) is 7.50. The van der Waals surface area contributed by atoms with Crippen LogP contribution in [0.2, 0.25) is 0 Å². The minimum Gasteiger partial charge on any atom is -0.508 e. The summed E-state index contributed by atoms with van der Waals surface area (Å²) in [5, 5.41) is 9.17. The number of benzene rings is 1. The molecule has 0 unspecified atom stereocenters. The molecule has 1 aromatic rings. The third-order valence-corrected chi connectivity index (χ3v) is 3.09. The number of rotatable bonds is 9. The summed E-state index contributed by atoms with van der Waals surface area (Å²) in [5.41, 5.74) is 1.27.